The molecule has 0 heterocycles. The number of amides is 1. The molecular weight excluding hydrogens is 451 g/mol. The molecule has 1 N–H and O–H groups in total. The van der Waals surface area contributed by atoms with Crippen LogP contribution in [0.4, 0.5) is 10.1 Å². The normalized spacial score (nSPS) is 10.8. The Morgan fingerprint density at radius 3 is 2.20 bits per heavy atom. The summed E-state index contributed by atoms with van der Waals surface area (Å²) < 4.78 is 19.1. The van der Waals surface area contributed by atoms with E-state index in [0.29, 0.717) is 22.6 Å². The van der Waals surface area contributed by atoms with Gasteiger partial charge < -0.3 is 10.1 Å². The number of nitrogens with one attached hydrogen (secondary N) is 1. The van der Waals surface area contributed by atoms with Gasteiger partial charge in [0.15, 0.2) is 0 Å². The number of nitriles is 1. The van der Waals surface area contributed by atoms with Gasteiger partial charge >= 0.3 is 5.97 Å². The fourth-order valence-electron chi connectivity index (χ4n) is 2.43. The number of halogens is 2. The van der Waals surface area contributed by atoms with Gasteiger partial charge in [-0.1, -0.05) is 28.1 Å². The lowest BCUT2D eigenvalue weighted by molar-refractivity contribution is -0.112. The molecule has 0 saturated heterocycles. The van der Waals surface area contributed by atoms with Gasteiger partial charge in [-0.3, -0.25) is 4.79 Å². The number of rotatable bonds is 5. The molecule has 0 saturated carbocycles. The minimum Gasteiger partial charge on any atom is -0.423 e. The topological polar surface area (TPSA) is 79.2 Å². The van der Waals surface area contributed by atoms with Crippen molar-refractivity contribution in [1.29, 1.82) is 5.26 Å². The highest BCUT2D eigenvalue weighted by Crippen LogP contribution is 2.18. The van der Waals surface area contributed by atoms with E-state index in [9.17, 15) is 19.2 Å². The number of anilines is 1. The average Bonchev–Trinajstić information content (AvgIpc) is 2.75. The fourth-order valence-corrected chi connectivity index (χ4v) is 2.70. The molecule has 3 aromatic rings. The van der Waals surface area contributed by atoms with Gasteiger partial charge in [-0.05, 0) is 72.3 Å². The van der Waals surface area contributed by atoms with E-state index < -0.39 is 17.7 Å². The fraction of sp³-hybridized carbons (Fsp3) is 0. The summed E-state index contributed by atoms with van der Waals surface area (Å²) in [7, 11) is 0. The van der Waals surface area contributed by atoms with Crippen molar-refractivity contribution >= 4 is 39.6 Å². The predicted octanol–water partition coefficient (Wildman–Crippen LogP) is 5.35. The molecule has 0 aliphatic rings. The van der Waals surface area contributed by atoms with E-state index in [1.54, 1.807) is 48.5 Å². The van der Waals surface area contributed by atoms with Crippen molar-refractivity contribution in [3.8, 4) is 11.8 Å². The molecule has 148 valence electrons. The zero-order chi connectivity index (χ0) is 21.5. The SMILES string of the molecule is N#CC(=Cc1ccc(OC(=O)c2ccc(Br)cc2)cc1)C(=O)Nc1ccc(F)cc1. The molecule has 0 aliphatic heterocycles. The quantitative estimate of drug-likeness (QED) is 0.238. The number of hydrogen-bond donors (Lipinski definition) is 1. The first-order chi connectivity index (χ1) is 14.4. The van der Waals surface area contributed by atoms with Crippen molar-refractivity contribution in [2.24, 2.45) is 0 Å². The maximum Gasteiger partial charge on any atom is 0.343 e. The van der Waals surface area contributed by atoms with E-state index in [0.717, 1.165) is 4.47 Å². The lowest BCUT2D eigenvalue weighted by Gasteiger charge is -2.06. The molecular formula is C23H14BrFN2O3. The number of hydrogen-bond acceptors (Lipinski definition) is 4. The van der Waals surface area contributed by atoms with Crippen LogP contribution in [0, 0.1) is 17.1 Å². The Hall–Kier alpha value is -3.76. The summed E-state index contributed by atoms with van der Waals surface area (Å²) in [5.74, 6) is -1.21. The summed E-state index contributed by atoms with van der Waals surface area (Å²) >= 11 is 3.30. The van der Waals surface area contributed by atoms with Crippen LogP contribution in [0.15, 0.2) is 82.8 Å². The molecule has 0 aliphatic carbocycles. The maximum absolute atomic E-state index is 13.0. The van der Waals surface area contributed by atoms with Crippen LogP contribution in [0.1, 0.15) is 15.9 Å². The van der Waals surface area contributed by atoms with Gasteiger partial charge in [0.25, 0.3) is 5.91 Å². The molecule has 30 heavy (non-hydrogen) atoms. The lowest BCUT2D eigenvalue weighted by atomic mass is 10.1. The summed E-state index contributed by atoms with van der Waals surface area (Å²) in [5, 5.41) is 11.8. The van der Waals surface area contributed by atoms with E-state index in [1.165, 1.54) is 30.3 Å². The second-order valence-corrected chi connectivity index (χ2v) is 7.01. The van der Waals surface area contributed by atoms with E-state index >= 15 is 0 Å². The Morgan fingerprint density at radius 1 is 0.967 bits per heavy atom. The Morgan fingerprint density at radius 2 is 1.60 bits per heavy atom. The largest absolute Gasteiger partial charge is 0.423 e. The Kier molecular flexibility index (Phi) is 6.73. The summed E-state index contributed by atoms with van der Waals surface area (Å²) in [6, 6.07) is 20.2. The van der Waals surface area contributed by atoms with Gasteiger partial charge in [0.2, 0.25) is 0 Å². The van der Waals surface area contributed by atoms with Crippen molar-refractivity contribution in [2.45, 2.75) is 0 Å². The molecule has 0 spiro atoms. The van der Waals surface area contributed by atoms with Crippen LogP contribution in [-0.4, -0.2) is 11.9 Å². The summed E-state index contributed by atoms with van der Waals surface area (Å²) in [4.78, 5) is 24.4. The zero-order valence-electron chi connectivity index (χ0n) is 15.4. The van der Waals surface area contributed by atoms with Gasteiger partial charge in [-0.15, -0.1) is 0 Å². The third-order valence-electron chi connectivity index (χ3n) is 3.95. The highest BCUT2D eigenvalue weighted by molar-refractivity contribution is 9.10. The first-order valence-electron chi connectivity index (χ1n) is 8.71. The van der Waals surface area contributed by atoms with Crippen LogP contribution >= 0.6 is 15.9 Å². The monoisotopic (exact) mass is 464 g/mol. The second kappa shape index (κ2) is 9.63. The van der Waals surface area contributed by atoms with Crippen LogP contribution in [0.25, 0.3) is 6.08 Å². The zero-order valence-corrected chi connectivity index (χ0v) is 17.0. The third kappa shape index (κ3) is 5.63. The maximum atomic E-state index is 13.0. The number of nitrogens with zero attached hydrogens (tertiary/aromatic N) is 1. The van der Waals surface area contributed by atoms with Crippen LogP contribution in [-0.2, 0) is 4.79 Å². The molecule has 0 fully saturated rings. The van der Waals surface area contributed by atoms with Crippen molar-refractivity contribution in [3.05, 3.63) is 99.8 Å². The minimum atomic E-state index is -0.616. The van der Waals surface area contributed by atoms with Crippen molar-refractivity contribution in [1.82, 2.24) is 0 Å². The van der Waals surface area contributed by atoms with Crippen molar-refractivity contribution in [2.75, 3.05) is 5.32 Å². The standard InChI is InChI=1S/C23H14BrFN2O3/c24-18-5-3-16(4-6-18)23(29)30-21-11-1-15(2-12-21)13-17(14-26)22(28)27-20-9-7-19(25)8-10-20/h1-13H,(H,27,28). The highest BCUT2D eigenvalue weighted by atomic mass is 79.9. The molecule has 0 atom stereocenters. The summed E-state index contributed by atoms with van der Waals surface area (Å²) in [5.41, 5.74) is 1.23. The Labute approximate surface area is 180 Å². The number of esters is 1. The predicted molar refractivity (Wildman–Crippen MR) is 114 cm³/mol. The van der Waals surface area contributed by atoms with Gasteiger partial charge in [-0.25, -0.2) is 9.18 Å². The second-order valence-electron chi connectivity index (χ2n) is 6.10. The number of benzene rings is 3. The Balaban J connectivity index is 1.67. The van der Waals surface area contributed by atoms with E-state index in [1.807, 2.05) is 6.07 Å². The van der Waals surface area contributed by atoms with Crippen LogP contribution in [0.3, 0.4) is 0 Å². The molecule has 1 amide bonds. The van der Waals surface area contributed by atoms with Crippen molar-refractivity contribution in [3.63, 3.8) is 0 Å². The van der Waals surface area contributed by atoms with Crippen LogP contribution in [0.5, 0.6) is 5.75 Å². The van der Waals surface area contributed by atoms with Crippen molar-refractivity contribution < 1.29 is 18.7 Å². The smallest absolute Gasteiger partial charge is 0.343 e. The average molecular weight is 465 g/mol. The highest BCUT2D eigenvalue weighted by Gasteiger charge is 2.11. The van der Waals surface area contributed by atoms with Gasteiger partial charge in [-0.2, -0.15) is 5.26 Å². The molecule has 3 rings (SSSR count). The molecule has 7 heteroatoms. The lowest BCUT2D eigenvalue weighted by Crippen LogP contribution is -2.13. The molecule has 0 radical (unpaired) electrons. The van der Waals surface area contributed by atoms with Crippen LogP contribution in [0.2, 0.25) is 0 Å². The minimum absolute atomic E-state index is 0.126. The molecule has 0 bridgehead atoms. The van der Waals surface area contributed by atoms with E-state index in [4.69, 9.17) is 4.74 Å². The number of carbonyl (C=O) groups excluding carboxylic acids is 2. The molecule has 3 aromatic carbocycles. The van der Waals surface area contributed by atoms with E-state index in [-0.39, 0.29) is 5.57 Å². The van der Waals surface area contributed by atoms with Gasteiger partial charge in [0.05, 0.1) is 5.56 Å². The molecule has 5 nitrogen and oxygen atoms in total. The van der Waals surface area contributed by atoms with E-state index in [2.05, 4.69) is 21.2 Å². The molecule has 0 aromatic heterocycles. The first-order valence-corrected chi connectivity index (χ1v) is 9.50. The van der Waals surface area contributed by atoms with Gasteiger partial charge in [0, 0.05) is 10.2 Å². The van der Waals surface area contributed by atoms with Gasteiger partial charge in [0.1, 0.15) is 23.2 Å². The first kappa shape index (κ1) is 21.0. The number of carbonyl (C=O) groups is 2. The van der Waals surface area contributed by atoms with Crippen LogP contribution < -0.4 is 10.1 Å². The summed E-state index contributed by atoms with van der Waals surface area (Å²) in [6.07, 6.45) is 1.40. The Bertz CT molecular complexity index is 1130. The third-order valence-corrected chi connectivity index (χ3v) is 4.48. The summed E-state index contributed by atoms with van der Waals surface area (Å²) in [6.45, 7) is 0. The number of ether oxygens (including phenoxy) is 1. The molecule has 0 unspecified atom stereocenters.